The second-order valence-corrected chi connectivity index (χ2v) is 11.5. The van der Waals surface area contributed by atoms with Gasteiger partial charge in [0.05, 0.1) is 28.3 Å². The van der Waals surface area contributed by atoms with E-state index in [9.17, 15) is 31.9 Å². The van der Waals surface area contributed by atoms with Crippen molar-refractivity contribution in [2.75, 3.05) is 14.1 Å². The molecule has 1 aliphatic carbocycles. The number of nitrogens with zero attached hydrogens (tertiary/aromatic N) is 4. The molecule has 1 fully saturated rings. The van der Waals surface area contributed by atoms with Crippen molar-refractivity contribution < 1.29 is 41.0 Å². The Morgan fingerprint density at radius 2 is 1.89 bits per heavy atom. The lowest BCUT2D eigenvalue weighted by Crippen LogP contribution is -2.66. The fourth-order valence-corrected chi connectivity index (χ4v) is 6.35. The summed E-state index contributed by atoms with van der Waals surface area (Å²) < 4.78 is 88.2. The first kappa shape index (κ1) is 29.9. The van der Waals surface area contributed by atoms with Crippen LogP contribution in [0.1, 0.15) is 52.7 Å². The number of benzene rings is 2. The van der Waals surface area contributed by atoms with E-state index in [-0.39, 0.29) is 17.0 Å². The number of rotatable bonds is 6. The van der Waals surface area contributed by atoms with E-state index < -0.39 is 54.5 Å². The number of ether oxygens (including phenoxy) is 1. The molecule has 4 aromatic rings. The second kappa shape index (κ2) is 10.2. The third kappa shape index (κ3) is 4.76. The van der Waals surface area contributed by atoms with Crippen LogP contribution in [-0.4, -0.2) is 62.9 Å². The number of pyridine rings is 1. The number of imidazole rings is 1. The largest absolute Gasteiger partial charge is 0.434 e. The Kier molecular flexibility index (Phi) is 6.92. The number of nitrogens with two attached hydrogens (primary N) is 1. The van der Waals surface area contributed by atoms with E-state index in [2.05, 4.69) is 9.97 Å². The minimum atomic E-state index is -4.91. The van der Waals surface area contributed by atoms with Crippen LogP contribution in [0.2, 0.25) is 0 Å². The van der Waals surface area contributed by atoms with Gasteiger partial charge in [-0.1, -0.05) is 12.1 Å². The number of amides is 1. The number of alkyl halides is 5. The molecule has 44 heavy (non-hydrogen) atoms. The molecule has 0 unspecified atom stereocenters. The Morgan fingerprint density at radius 3 is 2.52 bits per heavy atom. The summed E-state index contributed by atoms with van der Waals surface area (Å²) >= 11 is 0. The standard InChI is InChI=1S/C30H27F6N5O3/c1-40(2)26(42)17-4-3-5-22(44-27(32)33)24(17)20-8-9-23-39-19-7-6-15(11-21(19)41(20)23)16-10-18(31)25(38-12-16)28(37)13-29(43,14-28)30(34,35)36/h3-7,10-12,20,27,43H,8-9,13-14,37H2,1-2H3/t20-,28-,29+/m1/s1. The second-order valence-electron chi connectivity index (χ2n) is 11.5. The molecule has 1 amide bonds. The van der Waals surface area contributed by atoms with E-state index in [1.807, 2.05) is 4.57 Å². The first-order chi connectivity index (χ1) is 20.6. The van der Waals surface area contributed by atoms with Crippen molar-refractivity contribution in [2.24, 2.45) is 5.73 Å². The zero-order chi connectivity index (χ0) is 31.8. The first-order valence-corrected chi connectivity index (χ1v) is 13.7. The maximum atomic E-state index is 15.3. The smallest absolute Gasteiger partial charge is 0.417 e. The van der Waals surface area contributed by atoms with E-state index in [0.29, 0.717) is 46.4 Å². The van der Waals surface area contributed by atoms with Crippen molar-refractivity contribution in [1.29, 1.82) is 0 Å². The Labute approximate surface area is 247 Å². The summed E-state index contributed by atoms with van der Waals surface area (Å²) in [6.07, 6.45) is -4.52. The van der Waals surface area contributed by atoms with Crippen LogP contribution in [0, 0.1) is 5.82 Å². The molecule has 1 aliphatic heterocycles. The summed E-state index contributed by atoms with van der Waals surface area (Å²) in [6.45, 7) is -3.12. The van der Waals surface area contributed by atoms with Gasteiger partial charge in [0.25, 0.3) is 5.91 Å². The highest BCUT2D eigenvalue weighted by atomic mass is 19.4. The number of carbonyl (C=O) groups is 1. The lowest BCUT2D eigenvalue weighted by Gasteiger charge is -2.51. The summed E-state index contributed by atoms with van der Waals surface area (Å²) in [7, 11) is 3.11. The zero-order valence-corrected chi connectivity index (χ0v) is 23.5. The predicted molar refractivity (Wildman–Crippen MR) is 147 cm³/mol. The molecule has 14 heteroatoms. The van der Waals surface area contributed by atoms with E-state index in [4.69, 9.17) is 10.5 Å². The monoisotopic (exact) mass is 619 g/mol. The summed E-state index contributed by atoms with van der Waals surface area (Å²) in [5.74, 6) is -0.785. The van der Waals surface area contributed by atoms with Crippen LogP contribution in [0.25, 0.3) is 22.2 Å². The number of aromatic nitrogens is 3. The highest BCUT2D eigenvalue weighted by Crippen LogP contribution is 2.54. The topological polar surface area (TPSA) is 106 Å². The Balaban J connectivity index is 1.39. The number of aliphatic hydroxyl groups is 1. The number of hydrogen-bond acceptors (Lipinski definition) is 6. The zero-order valence-electron chi connectivity index (χ0n) is 23.5. The van der Waals surface area contributed by atoms with Crippen LogP contribution in [0.3, 0.4) is 0 Å². The Morgan fingerprint density at radius 1 is 1.16 bits per heavy atom. The molecular formula is C30H27F6N5O3. The van der Waals surface area contributed by atoms with Crippen LogP contribution in [0.5, 0.6) is 5.75 Å². The molecule has 2 aromatic heterocycles. The SMILES string of the molecule is CN(C)C(=O)c1cccc(OC(F)F)c1[C@H]1CCc2nc3ccc(-c4cnc([C@]5(N)C[C@](O)(C(F)(F)F)C5)c(F)c4)cc3n21. The summed E-state index contributed by atoms with van der Waals surface area (Å²) in [5, 5.41) is 9.83. The van der Waals surface area contributed by atoms with Gasteiger partial charge in [0, 0.05) is 56.2 Å². The van der Waals surface area contributed by atoms with Crippen molar-refractivity contribution in [3.63, 3.8) is 0 Å². The van der Waals surface area contributed by atoms with Crippen LogP contribution >= 0.6 is 0 Å². The van der Waals surface area contributed by atoms with Gasteiger partial charge in [-0.15, -0.1) is 0 Å². The van der Waals surface area contributed by atoms with Crippen LogP contribution in [0.15, 0.2) is 48.7 Å². The molecule has 1 saturated carbocycles. The number of fused-ring (bicyclic) bond motifs is 3. The van der Waals surface area contributed by atoms with Gasteiger partial charge in [0.15, 0.2) is 5.60 Å². The molecule has 0 radical (unpaired) electrons. The van der Waals surface area contributed by atoms with Gasteiger partial charge < -0.3 is 25.0 Å². The number of aryl methyl sites for hydroxylation is 1. The Bertz CT molecular complexity index is 1780. The van der Waals surface area contributed by atoms with E-state index in [0.717, 1.165) is 6.07 Å². The average molecular weight is 620 g/mol. The van der Waals surface area contributed by atoms with Gasteiger partial charge in [0.2, 0.25) is 0 Å². The normalized spacial score (nSPS) is 23.1. The fourth-order valence-electron chi connectivity index (χ4n) is 6.35. The number of halogens is 6. The van der Waals surface area contributed by atoms with Crippen LogP contribution in [-0.2, 0) is 12.0 Å². The highest BCUT2D eigenvalue weighted by Gasteiger charge is 2.67. The number of carbonyl (C=O) groups excluding carboxylic acids is 1. The molecule has 0 spiro atoms. The minimum Gasteiger partial charge on any atom is -0.434 e. The van der Waals surface area contributed by atoms with Gasteiger partial charge in [-0.05, 0) is 42.3 Å². The molecule has 232 valence electrons. The van der Waals surface area contributed by atoms with Gasteiger partial charge in [-0.2, -0.15) is 22.0 Å². The van der Waals surface area contributed by atoms with Crippen molar-refractivity contribution in [3.8, 4) is 16.9 Å². The molecule has 2 aromatic carbocycles. The van der Waals surface area contributed by atoms with Gasteiger partial charge in [-0.25, -0.2) is 9.37 Å². The van der Waals surface area contributed by atoms with Gasteiger partial charge >= 0.3 is 12.8 Å². The third-order valence-electron chi connectivity index (χ3n) is 8.36. The molecular weight excluding hydrogens is 592 g/mol. The molecule has 3 heterocycles. The van der Waals surface area contributed by atoms with E-state index in [1.165, 1.54) is 23.2 Å². The maximum Gasteiger partial charge on any atom is 0.417 e. The Hall–Kier alpha value is -4.17. The molecule has 6 rings (SSSR count). The molecule has 0 bridgehead atoms. The minimum absolute atomic E-state index is 0.130. The lowest BCUT2D eigenvalue weighted by atomic mass is 9.63. The summed E-state index contributed by atoms with van der Waals surface area (Å²) in [6, 6.07) is 10.0. The quantitative estimate of drug-likeness (QED) is 0.283. The van der Waals surface area contributed by atoms with E-state index in [1.54, 1.807) is 38.4 Å². The maximum absolute atomic E-state index is 15.3. The van der Waals surface area contributed by atoms with Gasteiger partial charge in [-0.3, -0.25) is 9.78 Å². The van der Waals surface area contributed by atoms with Crippen LogP contribution < -0.4 is 10.5 Å². The molecule has 2 aliphatic rings. The molecule has 0 saturated heterocycles. The number of hydrogen-bond donors (Lipinski definition) is 2. The van der Waals surface area contributed by atoms with E-state index >= 15 is 4.39 Å². The highest BCUT2D eigenvalue weighted by molar-refractivity contribution is 5.96. The predicted octanol–water partition coefficient (Wildman–Crippen LogP) is 5.32. The average Bonchev–Trinajstić information content (AvgIpc) is 3.49. The van der Waals surface area contributed by atoms with Crippen molar-refractivity contribution >= 4 is 16.9 Å². The molecule has 1 atom stereocenters. The molecule has 8 nitrogen and oxygen atoms in total. The van der Waals surface area contributed by atoms with Crippen molar-refractivity contribution in [3.05, 3.63) is 77.1 Å². The van der Waals surface area contributed by atoms with Crippen LogP contribution in [0.4, 0.5) is 26.3 Å². The van der Waals surface area contributed by atoms with Gasteiger partial charge in [0.1, 0.15) is 17.4 Å². The fraction of sp³-hybridized carbons (Fsp3) is 0.367. The summed E-state index contributed by atoms with van der Waals surface area (Å²) in [4.78, 5) is 23.2. The van der Waals surface area contributed by atoms with Crippen molar-refractivity contribution in [1.82, 2.24) is 19.4 Å². The third-order valence-corrected chi connectivity index (χ3v) is 8.36. The molecule has 3 N–H and O–H groups in total. The first-order valence-electron chi connectivity index (χ1n) is 13.7. The van der Waals surface area contributed by atoms with Crippen molar-refractivity contribution in [2.45, 2.75) is 55.7 Å². The lowest BCUT2D eigenvalue weighted by molar-refractivity contribution is -0.304. The summed E-state index contributed by atoms with van der Waals surface area (Å²) in [5.41, 5.74) is 3.30.